The predicted octanol–water partition coefficient (Wildman–Crippen LogP) is 3.24. The highest BCUT2D eigenvalue weighted by Gasteiger charge is 2.33. The van der Waals surface area contributed by atoms with Gasteiger partial charge in [0.25, 0.3) is 5.91 Å². The van der Waals surface area contributed by atoms with Gasteiger partial charge in [-0.1, -0.05) is 60.7 Å². The molecule has 7 nitrogen and oxygen atoms in total. The zero-order chi connectivity index (χ0) is 20.5. The molecule has 0 fully saturated rings. The fraction of sp³-hybridized carbons (Fsp3) is 0.130. The van der Waals surface area contributed by atoms with Crippen LogP contribution in [0.5, 0.6) is 0 Å². The molecule has 7 heteroatoms. The highest BCUT2D eigenvalue weighted by molar-refractivity contribution is 6.00. The van der Waals surface area contributed by atoms with E-state index in [9.17, 15) is 4.79 Å². The van der Waals surface area contributed by atoms with Gasteiger partial charge < -0.3 is 15.6 Å². The van der Waals surface area contributed by atoms with Crippen molar-refractivity contribution in [2.75, 3.05) is 12.3 Å². The van der Waals surface area contributed by atoms with E-state index >= 15 is 0 Å². The Kier molecular flexibility index (Phi) is 4.48. The van der Waals surface area contributed by atoms with Crippen molar-refractivity contribution < 1.29 is 4.79 Å². The summed E-state index contributed by atoms with van der Waals surface area (Å²) in [5.74, 6) is 0.0112. The zero-order valence-corrected chi connectivity index (χ0v) is 16.2. The number of rotatable bonds is 3. The molecule has 5 rings (SSSR count). The maximum Gasteiger partial charge on any atom is 0.258 e. The molecule has 0 radical (unpaired) electrons. The van der Waals surface area contributed by atoms with E-state index in [1.54, 1.807) is 6.33 Å². The van der Waals surface area contributed by atoms with Gasteiger partial charge in [-0.05, 0) is 5.56 Å². The van der Waals surface area contributed by atoms with Gasteiger partial charge in [0, 0.05) is 24.2 Å². The molecule has 0 saturated carbocycles. The quantitative estimate of drug-likeness (QED) is 0.554. The van der Waals surface area contributed by atoms with Crippen LogP contribution in [0, 0.1) is 0 Å². The molecule has 1 atom stereocenters. The molecule has 2 aromatic carbocycles. The summed E-state index contributed by atoms with van der Waals surface area (Å²) in [4.78, 5) is 31.6. The summed E-state index contributed by atoms with van der Waals surface area (Å²) in [5, 5.41) is 0. The summed E-state index contributed by atoms with van der Waals surface area (Å²) in [6, 6.07) is 19.7. The molecule has 0 saturated heterocycles. The molecule has 3 heterocycles. The number of benzene rings is 2. The van der Waals surface area contributed by atoms with Gasteiger partial charge in [0.15, 0.2) is 0 Å². The first-order chi connectivity index (χ1) is 14.7. The number of H-pyrrole nitrogens is 1. The van der Waals surface area contributed by atoms with Gasteiger partial charge in [-0.15, -0.1) is 0 Å². The maximum absolute atomic E-state index is 13.6. The Balaban J connectivity index is 1.54. The molecule has 0 aliphatic carbocycles. The van der Waals surface area contributed by atoms with E-state index in [0.717, 1.165) is 22.5 Å². The van der Waals surface area contributed by atoms with Crippen LogP contribution in [0.2, 0.25) is 0 Å². The monoisotopic (exact) mass is 396 g/mol. The standard InChI is InChI=1S/C23H20N6O/c24-23-25-11-17(20(28-23)16-9-5-2-6-10-16)22(30)29-12-18(15-7-3-1-4-8-15)21-19(13-29)26-14-27-21/h1-11,14,18H,12-13H2,(H,26,27)(H2,24,25,28). The lowest BCUT2D eigenvalue weighted by Crippen LogP contribution is -2.39. The van der Waals surface area contributed by atoms with Crippen LogP contribution in [0.25, 0.3) is 11.3 Å². The van der Waals surface area contributed by atoms with Crippen LogP contribution in [0.3, 0.4) is 0 Å². The third-order valence-electron chi connectivity index (χ3n) is 5.41. The number of carbonyl (C=O) groups excluding carboxylic acids is 1. The Hall–Kier alpha value is -4.00. The van der Waals surface area contributed by atoms with Crippen molar-refractivity contribution in [1.82, 2.24) is 24.8 Å². The van der Waals surface area contributed by atoms with E-state index in [1.165, 1.54) is 6.20 Å². The smallest absolute Gasteiger partial charge is 0.258 e. The van der Waals surface area contributed by atoms with E-state index in [0.29, 0.717) is 24.3 Å². The van der Waals surface area contributed by atoms with Gasteiger partial charge in [0.2, 0.25) is 5.95 Å². The molecule has 30 heavy (non-hydrogen) atoms. The van der Waals surface area contributed by atoms with Crippen molar-refractivity contribution in [3.63, 3.8) is 0 Å². The Morgan fingerprint density at radius 2 is 1.77 bits per heavy atom. The number of aromatic nitrogens is 4. The summed E-state index contributed by atoms with van der Waals surface area (Å²) >= 11 is 0. The van der Waals surface area contributed by atoms with E-state index in [-0.39, 0.29) is 17.8 Å². The molecular weight excluding hydrogens is 376 g/mol. The Bertz CT molecular complexity index is 1190. The Morgan fingerprint density at radius 3 is 2.53 bits per heavy atom. The Labute approximate surface area is 173 Å². The van der Waals surface area contributed by atoms with E-state index < -0.39 is 0 Å². The summed E-state index contributed by atoms with van der Waals surface area (Å²) in [5.41, 5.74) is 10.7. The topological polar surface area (TPSA) is 101 Å². The largest absolute Gasteiger partial charge is 0.368 e. The number of nitrogens with one attached hydrogen (secondary N) is 1. The number of hydrogen-bond acceptors (Lipinski definition) is 5. The third kappa shape index (κ3) is 3.20. The Morgan fingerprint density at radius 1 is 1.03 bits per heavy atom. The normalized spacial score (nSPS) is 15.6. The molecule has 0 bridgehead atoms. The van der Waals surface area contributed by atoms with Crippen molar-refractivity contribution in [2.45, 2.75) is 12.5 Å². The highest BCUT2D eigenvalue weighted by atomic mass is 16.2. The minimum absolute atomic E-state index is 0.0000235. The number of amides is 1. The number of nitrogens with zero attached hydrogens (tertiary/aromatic N) is 4. The number of anilines is 1. The number of fused-ring (bicyclic) bond motifs is 1. The van der Waals surface area contributed by atoms with Gasteiger partial charge in [-0.2, -0.15) is 0 Å². The first-order valence-electron chi connectivity index (χ1n) is 9.75. The molecule has 2 aromatic heterocycles. The van der Waals surface area contributed by atoms with Crippen LogP contribution < -0.4 is 5.73 Å². The lowest BCUT2D eigenvalue weighted by atomic mass is 9.90. The minimum Gasteiger partial charge on any atom is -0.368 e. The zero-order valence-electron chi connectivity index (χ0n) is 16.2. The third-order valence-corrected chi connectivity index (χ3v) is 5.41. The molecule has 4 aromatic rings. The number of aromatic amines is 1. The van der Waals surface area contributed by atoms with Crippen LogP contribution in [0.1, 0.15) is 33.2 Å². The fourth-order valence-electron chi connectivity index (χ4n) is 3.96. The van der Waals surface area contributed by atoms with Crippen molar-refractivity contribution >= 4 is 11.9 Å². The summed E-state index contributed by atoms with van der Waals surface area (Å²) in [6.45, 7) is 0.982. The summed E-state index contributed by atoms with van der Waals surface area (Å²) in [7, 11) is 0. The van der Waals surface area contributed by atoms with E-state index in [2.05, 4.69) is 32.1 Å². The first-order valence-corrected chi connectivity index (χ1v) is 9.75. The number of nitrogens with two attached hydrogens (primary N) is 1. The number of imidazole rings is 1. The SMILES string of the molecule is Nc1ncc(C(=O)N2Cc3[nH]cnc3C(c3ccccc3)C2)c(-c2ccccc2)n1. The van der Waals surface area contributed by atoms with Crippen molar-refractivity contribution in [2.24, 2.45) is 0 Å². The number of hydrogen-bond donors (Lipinski definition) is 2. The second kappa shape index (κ2) is 7.44. The van der Waals surface area contributed by atoms with Gasteiger partial charge in [0.1, 0.15) is 0 Å². The molecule has 1 unspecified atom stereocenters. The maximum atomic E-state index is 13.6. The number of carbonyl (C=O) groups is 1. The fourth-order valence-corrected chi connectivity index (χ4v) is 3.96. The van der Waals surface area contributed by atoms with Gasteiger partial charge in [0.05, 0.1) is 35.5 Å². The highest BCUT2D eigenvalue weighted by Crippen LogP contribution is 2.33. The van der Waals surface area contributed by atoms with Gasteiger partial charge in [-0.25, -0.2) is 15.0 Å². The molecule has 1 amide bonds. The summed E-state index contributed by atoms with van der Waals surface area (Å²) in [6.07, 6.45) is 3.21. The second-order valence-electron chi connectivity index (χ2n) is 7.27. The molecule has 3 N–H and O–H groups in total. The molecule has 1 aliphatic rings. The van der Waals surface area contributed by atoms with Gasteiger partial charge >= 0.3 is 0 Å². The van der Waals surface area contributed by atoms with Gasteiger partial charge in [-0.3, -0.25) is 4.79 Å². The molecule has 148 valence electrons. The van der Waals surface area contributed by atoms with Crippen molar-refractivity contribution in [3.05, 3.63) is 95.7 Å². The predicted molar refractivity (Wildman–Crippen MR) is 113 cm³/mol. The van der Waals surface area contributed by atoms with Crippen molar-refractivity contribution in [3.8, 4) is 11.3 Å². The average Bonchev–Trinajstić information content (AvgIpc) is 3.28. The molecule has 0 spiro atoms. The van der Waals surface area contributed by atoms with Crippen molar-refractivity contribution in [1.29, 1.82) is 0 Å². The lowest BCUT2D eigenvalue weighted by molar-refractivity contribution is 0.0722. The van der Waals surface area contributed by atoms with Crippen LogP contribution in [0.4, 0.5) is 5.95 Å². The van der Waals surface area contributed by atoms with Crippen LogP contribution >= 0.6 is 0 Å². The lowest BCUT2D eigenvalue weighted by Gasteiger charge is -2.32. The van der Waals surface area contributed by atoms with Crippen LogP contribution in [-0.4, -0.2) is 37.3 Å². The number of nitrogen functional groups attached to an aromatic ring is 1. The van der Waals surface area contributed by atoms with Crippen LogP contribution in [-0.2, 0) is 6.54 Å². The minimum atomic E-state index is -0.130. The summed E-state index contributed by atoms with van der Waals surface area (Å²) < 4.78 is 0. The first kappa shape index (κ1) is 18.1. The molecule has 1 aliphatic heterocycles. The second-order valence-corrected chi connectivity index (χ2v) is 7.27. The van der Waals surface area contributed by atoms with E-state index in [1.807, 2.05) is 53.4 Å². The average molecular weight is 396 g/mol. The van der Waals surface area contributed by atoms with E-state index in [4.69, 9.17) is 5.73 Å². The molecular formula is C23H20N6O. The van der Waals surface area contributed by atoms with Crippen LogP contribution in [0.15, 0.2) is 73.2 Å².